The summed E-state index contributed by atoms with van der Waals surface area (Å²) in [6.45, 7) is 1.97. The van der Waals surface area contributed by atoms with Crippen LogP contribution in [0, 0.1) is 0 Å². The van der Waals surface area contributed by atoms with Gasteiger partial charge in [-0.1, -0.05) is 0 Å². The van der Waals surface area contributed by atoms with Crippen molar-refractivity contribution in [2.24, 2.45) is 0 Å². The van der Waals surface area contributed by atoms with Crippen molar-refractivity contribution >= 4 is 0 Å². The third kappa shape index (κ3) is 2.63. The first kappa shape index (κ1) is 16.7. The topological polar surface area (TPSA) is 60.4 Å². The van der Waals surface area contributed by atoms with Crippen molar-refractivity contribution in [1.82, 2.24) is 4.90 Å². The highest BCUT2D eigenvalue weighted by Crippen LogP contribution is 2.42. The van der Waals surface area contributed by atoms with E-state index in [1.54, 1.807) is 14.2 Å². The molecule has 6 nitrogen and oxygen atoms in total. The summed E-state index contributed by atoms with van der Waals surface area (Å²) < 4.78 is 22.0. The summed E-state index contributed by atoms with van der Waals surface area (Å²) in [5, 5.41) is 11.2. The maximum atomic E-state index is 11.2. The van der Waals surface area contributed by atoms with Gasteiger partial charge in [-0.2, -0.15) is 0 Å². The van der Waals surface area contributed by atoms with Crippen LogP contribution in [0.1, 0.15) is 28.4 Å². The number of rotatable bonds is 2. The summed E-state index contributed by atoms with van der Waals surface area (Å²) in [5.41, 5.74) is 4.53. The quantitative estimate of drug-likeness (QED) is 0.878. The van der Waals surface area contributed by atoms with E-state index in [1.165, 1.54) is 11.1 Å². The van der Waals surface area contributed by atoms with E-state index in [1.807, 2.05) is 12.1 Å². The lowest BCUT2D eigenvalue weighted by Gasteiger charge is -2.38. The van der Waals surface area contributed by atoms with Crippen LogP contribution in [-0.4, -0.2) is 43.6 Å². The molecule has 2 atom stereocenters. The van der Waals surface area contributed by atoms with Crippen LogP contribution in [-0.2, 0) is 19.4 Å². The van der Waals surface area contributed by atoms with Gasteiger partial charge in [0, 0.05) is 19.1 Å². The summed E-state index contributed by atoms with van der Waals surface area (Å²) in [4.78, 5) is 2.37. The number of hydrogen-bond donors (Lipinski definition) is 1. The van der Waals surface area contributed by atoms with Gasteiger partial charge in [0.2, 0.25) is 6.79 Å². The van der Waals surface area contributed by atoms with Crippen molar-refractivity contribution in [2.45, 2.75) is 31.5 Å². The van der Waals surface area contributed by atoms with Crippen LogP contribution in [0.3, 0.4) is 0 Å². The van der Waals surface area contributed by atoms with Crippen LogP contribution in [0.25, 0.3) is 0 Å². The molecule has 0 unspecified atom stereocenters. The minimum absolute atomic E-state index is 0.0252. The van der Waals surface area contributed by atoms with Gasteiger partial charge in [0.25, 0.3) is 0 Å². The molecule has 3 aliphatic rings. The molecule has 0 radical (unpaired) electrons. The Labute approximate surface area is 158 Å². The predicted molar refractivity (Wildman–Crippen MR) is 98.7 cm³/mol. The van der Waals surface area contributed by atoms with Gasteiger partial charge in [-0.15, -0.1) is 0 Å². The molecule has 27 heavy (non-hydrogen) atoms. The first-order valence-corrected chi connectivity index (χ1v) is 9.26. The zero-order valence-corrected chi connectivity index (χ0v) is 15.5. The number of methoxy groups -OCH3 is 2. The Hall–Kier alpha value is -2.44. The summed E-state index contributed by atoms with van der Waals surface area (Å²) >= 11 is 0. The average molecular weight is 369 g/mol. The van der Waals surface area contributed by atoms with E-state index in [4.69, 9.17) is 18.9 Å². The van der Waals surface area contributed by atoms with Crippen LogP contribution in [0.2, 0.25) is 0 Å². The number of ether oxygens (including phenoxy) is 4. The molecular formula is C21H23NO5. The molecule has 142 valence electrons. The molecule has 3 aliphatic heterocycles. The number of hydrogen-bond acceptors (Lipinski definition) is 6. The van der Waals surface area contributed by atoms with E-state index in [2.05, 4.69) is 17.0 Å². The summed E-state index contributed by atoms with van der Waals surface area (Å²) in [6.07, 6.45) is 1.06. The molecule has 0 spiro atoms. The van der Waals surface area contributed by atoms with Gasteiger partial charge in [-0.25, -0.2) is 0 Å². The third-order valence-electron chi connectivity index (χ3n) is 5.96. The molecule has 0 saturated heterocycles. The van der Waals surface area contributed by atoms with Crippen LogP contribution >= 0.6 is 0 Å². The van der Waals surface area contributed by atoms with Gasteiger partial charge in [0.05, 0.1) is 20.3 Å². The zero-order chi connectivity index (χ0) is 18.5. The predicted octanol–water partition coefficient (Wildman–Crippen LogP) is 2.45. The number of aliphatic hydroxyl groups excluding tert-OH is 1. The lowest BCUT2D eigenvalue weighted by molar-refractivity contribution is 0.0428. The van der Waals surface area contributed by atoms with Crippen molar-refractivity contribution < 1.29 is 24.1 Å². The molecule has 0 fully saturated rings. The highest BCUT2D eigenvalue weighted by Gasteiger charge is 2.37. The molecule has 0 bridgehead atoms. The van der Waals surface area contributed by atoms with E-state index in [0.717, 1.165) is 48.6 Å². The van der Waals surface area contributed by atoms with Gasteiger partial charge in [0.15, 0.2) is 23.0 Å². The Kier molecular flexibility index (Phi) is 3.91. The summed E-state index contributed by atoms with van der Waals surface area (Å²) in [6, 6.07) is 8.11. The number of aliphatic hydroxyl groups is 1. The Bertz CT molecular complexity index is 897. The molecule has 0 aliphatic carbocycles. The van der Waals surface area contributed by atoms with Gasteiger partial charge in [0.1, 0.15) is 0 Å². The van der Waals surface area contributed by atoms with Crippen LogP contribution in [0.15, 0.2) is 24.3 Å². The molecule has 1 N–H and O–H groups in total. The van der Waals surface area contributed by atoms with E-state index < -0.39 is 6.10 Å². The Morgan fingerprint density at radius 1 is 0.963 bits per heavy atom. The fourth-order valence-electron chi connectivity index (χ4n) is 4.51. The van der Waals surface area contributed by atoms with E-state index >= 15 is 0 Å². The SMILES string of the molecule is COc1cc2c(cc1OC)[C@@H](O)[C@@H]1Cc3cc4c(cc3CN1CC2)OCO4. The molecule has 6 heteroatoms. The minimum atomic E-state index is -0.583. The van der Waals surface area contributed by atoms with E-state index in [0.29, 0.717) is 11.5 Å². The molecule has 2 aromatic rings. The lowest BCUT2D eigenvalue weighted by atomic mass is 9.88. The van der Waals surface area contributed by atoms with E-state index in [9.17, 15) is 5.11 Å². The van der Waals surface area contributed by atoms with Gasteiger partial charge >= 0.3 is 0 Å². The molecule has 3 heterocycles. The van der Waals surface area contributed by atoms with Crippen molar-refractivity contribution in [1.29, 1.82) is 0 Å². The zero-order valence-electron chi connectivity index (χ0n) is 15.5. The fourth-order valence-corrected chi connectivity index (χ4v) is 4.51. The molecular weight excluding hydrogens is 346 g/mol. The highest BCUT2D eigenvalue weighted by molar-refractivity contribution is 5.52. The number of fused-ring (bicyclic) bond motifs is 4. The fraction of sp³-hybridized carbons (Fsp3) is 0.429. The number of benzene rings is 2. The van der Waals surface area contributed by atoms with Crippen molar-refractivity contribution in [2.75, 3.05) is 27.6 Å². The van der Waals surface area contributed by atoms with Crippen LogP contribution in [0.5, 0.6) is 23.0 Å². The Morgan fingerprint density at radius 3 is 2.41 bits per heavy atom. The summed E-state index contributed by atoms with van der Waals surface area (Å²) in [7, 11) is 3.26. The third-order valence-corrected chi connectivity index (χ3v) is 5.96. The minimum Gasteiger partial charge on any atom is -0.493 e. The maximum absolute atomic E-state index is 11.2. The van der Waals surface area contributed by atoms with Gasteiger partial charge in [-0.05, 0) is 59.4 Å². The lowest BCUT2D eigenvalue weighted by Crippen LogP contribution is -2.43. The number of nitrogens with zero attached hydrogens (tertiary/aromatic N) is 1. The van der Waals surface area contributed by atoms with Crippen molar-refractivity contribution in [3.8, 4) is 23.0 Å². The second-order valence-electron chi connectivity index (χ2n) is 7.32. The van der Waals surface area contributed by atoms with Crippen molar-refractivity contribution in [3.05, 3.63) is 46.5 Å². The van der Waals surface area contributed by atoms with Gasteiger partial charge in [-0.3, -0.25) is 4.90 Å². The monoisotopic (exact) mass is 369 g/mol. The standard InChI is InChI=1S/C21H23NO5/c1-24-17-6-12-3-4-22-10-14-8-20-19(26-11-27-20)7-13(14)5-16(22)21(23)15(12)9-18(17)25-2/h6-9,16,21,23H,3-5,10-11H2,1-2H3/t16-,21+/m0/s1. The van der Waals surface area contributed by atoms with Crippen molar-refractivity contribution in [3.63, 3.8) is 0 Å². The normalized spacial score (nSPS) is 23.1. The van der Waals surface area contributed by atoms with Crippen LogP contribution in [0.4, 0.5) is 0 Å². The van der Waals surface area contributed by atoms with Crippen LogP contribution < -0.4 is 18.9 Å². The second-order valence-corrected chi connectivity index (χ2v) is 7.32. The maximum Gasteiger partial charge on any atom is 0.231 e. The molecule has 0 amide bonds. The Balaban J connectivity index is 1.52. The largest absolute Gasteiger partial charge is 0.493 e. The first-order valence-electron chi connectivity index (χ1n) is 9.26. The van der Waals surface area contributed by atoms with Gasteiger partial charge < -0.3 is 24.1 Å². The first-order chi connectivity index (χ1) is 13.2. The second kappa shape index (κ2) is 6.32. The smallest absolute Gasteiger partial charge is 0.231 e. The molecule has 2 aromatic carbocycles. The highest BCUT2D eigenvalue weighted by atomic mass is 16.7. The Morgan fingerprint density at radius 2 is 1.67 bits per heavy atom. The molecule has 0 saturated carbocycles. The van der Waals surface area contributed by atoms with E-state index in [-0.39, 0.29) is 12.8 Å². The molecule has 5 rings (SSSR count). The summed E-state index contributed by atoms with van der Waals surface area (Å²) in [5.74, 6) is 2.98. The average Bonchev–Trinajstić information content (AvgIpc) is 3.10. The molecule has 0 aromatic heterocycles.